The first-order valence-electron chi connectivity index (χ1n) is 5.15. The minimum atomic E-state index is -1.15. The highest BCUT2D eigenvalue weighted by Gasteiger charge is 2.23. The number of hydrogen-bond acceptors (Lipinski definition) is 2. The third-order valence-corrected chi connectivity index (χ3v) is 3.29. The average Bonchev–Trinajstić information content (AvgIpc) is 3.10. The lowest BCUT2D eigenvalue weighted by Crippen LogP contribution is -2.26. The zero-order valence-corrected chi connectivity index (χ0v) is 11.0. The molecule has 0 aliphatic heterocycles. The quantitative estimate of drug-likeness (QED) is 0.514. The molecule has 1 amide bonds. The van der Waals surface area contributed by atoms with E-state index < -0.39 is 17.5 Å². The summed E-state index contributed by atoms with van der Waals surface area (Å²) in [6.07, 6.45) is 2.17. The second-order valence-electron chi connectivity index (χ2n) is 3.91. The van der Waals surface area contributed by atoms with E-state index in [0.29, 0.717) is 12.5 Å². The van der Waals surface area contributed by atoms with Gasteiger partial charge in [-0.3, -0.25) is 9.63 Å². The highest BCUT2D eigenvalue weighted by Crippen LogP contribution is 2.28. The number of nitrogens with one attached hydrogen (secondary N) is 1. The highest BCUT2D eigenvalue weighted by atomic mass is 127. The highest BCUT2D eigenvalue weighted by molar-refractivity contribution is 14.1. The molecule has 1 aliphatic carbocycles. The van der Waals surface area contributed by atoms with E-state index >= 15 is 0 Å². The van der Waals surface area contributed by atoms with Crippen LogP contribution in [0.2, 0.25) is 0 Å². The van der Waals surface area contributed by atoms with Crippen molar-refractivity contribution in [1.82, 2.24) is 5.48 Å². The van der Waals surface area contributed by atoms with Gasteiger partial charge in [0.25, 0.3) is 5.91 Å². The molecule has 1 fully saturated rings. The summed E-state index contributed by atoms with van der Waals surface area (Å²) >= 11 is 1.66. The van der Waals surface area contributed by atoms with Crippen LogP contribution in [-0.4, -0.2) is 12.5 Å². The van der Waals surface area contributed by atoms with Gasteiger partial charge in [0.05, 0.1) is 15.7 Å². The van der Waals surface area contributed by atoms with Gasteiger partial charge in [-0.25, -0.2) is 14.3 Å². The van der Waals surface area contributed by atoms with Gasteiger partial charge in [0, 0.05) is 0 Å². The molecule has 17 heavy (non-hydrogen) atoms. The van der Waals surface area contributed by atoms with E-state index in [4.69, 9.17) is 4.84 Å². The van der Waals surface area contributed by atoms with Crippen LogP contribution in [0.25, 0.3) is 0 Å². The predicted molar refractivity (Wildman–Crippen MR) is 65.2 cm³/mol. The smallest absolute Gasteiger partial charge is 0.273 e. The van der Waals surface area contributed by atoms with Crippen molar-refractivity contribution >= 4 is 28.5 Å². The normalized spacial score (nSPS) is 14.8. The van der Waals surface area contributed by atoms with Crippen LogP contribution in [0.3, 0.4) is 0 Å². The van der Waals surface area contributed by atoms with Crippen molar-refractivity contribution < 1.29 is 18.4 Å². The molecule has 3 nitrogen and oxygen atoms in total. The number of benzene rings is 1. The van der Waals surface area contributed by atoms with Crippen LogP contribution in [0, 0.1) is 21.1 Å². The van der Waals surface area contributed by atoms with Crippen molar-refractivity contribution in [3.63, 3.8) is 0 Å². The third-order valence-electron chi connectivity index (χ3n) is 2.46. The van der Waals surface area contributed by atoms with E-state index in [2.05, 4.69) is 5.48 Å². The molecule has 2 rings (SSSR count). The monoisotopic (exact) mass is 353 g/mol. The molecule has 0 spiro atoms. The van der Waals surface area contributed by atoms with E-state index in [1.54, 1.807) is 22.6 Å². The lowest BCUT2D eigenvalue weighted by molar-refractivity contribution is 0.0266. The summed E-state index contributed by atoms with van der Waals surface area (Å²) < 4.78 is 26.8. The van der Waals surface area contributed by atoms with Crippen LogP contribution in [0.5, 0.6) is 0 Å². The van der Waals surface area contributed by atoms with Crippen molar-refractivity contribution in [2.45, 2.75) is 12.8 Å². The second-order valence-corrected chi connectivity index (χ2v) is 5.07. The second kappa shape index (κ2) is 5.26. The first-order chi connectivity index (χ1) is 8.09. The fraction of sp³-hybridized carbons (Fsp3) is 0.364. The summed E-state index contributed by atoms with van der Waals surface area (Å²) in [6.45, 7) is 0.417. The lowest BCUT2D eigenvalue weighted by atomic mass is 10.2. The average molecular weight is 353 g/mol. The van der Waals surface area contributed by atoms with Crippen molar-refractivity contribution in [1.29, 1.82) is 0 Å². The molecule has 0 unspecified atom stereocenters. The van der Waals surface area contributed by atoms with Crippen LogP contribution in [0.15, 0.2) is 12.1 Å². The lowest BCUT2D eigenvalue weighted by Gasteiger charge is -2.07. The summed E-state index contributed by atoms with van der Waals surface area (Å²) in [6, 6.07) is 2.57. The number of hydrogen-bond donors (Lipinski definition) is 1. The molecule has 0 heterocycles. The van der Waals surface area contributed by atoms with Crippen molar-refractivity contribution in [2.24, 2.45) is 5.92 Å². The van der Waals surface area contributed by atoms with Gasteiger partial charge in [-0.05, 0) is 53.5 Å². The van der Waals surface area contributed by atoms with Gasteiger partial charge in [-0.2, -0.15) is 0 Å². The van der Waals surface area contributed by atoms with Crippen LogP contribution in [0.4, 0.5) is 8.78 Å². The summed E-state index contributed by atoms with van der Waals surface area (Å²) in [5.74, 6) is -2.45. The fourth-order valence-electron chi connectivity index (χ4n) is 1.27. The molecule has 1 aromatic carbocycles. The van der Waals surface area contributed by atoms with Gasteiger partial charge in [-0.15, -0.1) is 0 Å². The minimum Gasteiger partial charge on any atom is -0.273 e. The van der Waals surface area contributed by atoms with Crippen LogP contribution >= 0.6 is 22.6 Å². The third kappa shape index (κ3) is 3.12. The Morgan fingerprint density at radius 1 is 1.41 bits per heavy atom. The van der Waals surface area contributed by atoms with Gasteiger partial charge >= 0.3 is 0 Å². The Bertz CT molecular complexity index is 449. The molecule has 1 saturated carbocycles. The summed E-state index contributed by atoms with van der Waals surface area (Å²) in [5, 5.41) is 0. The SMILES string of the molecule is O=C(NOCC1CC1)c1ccc(I)c(F)c1F. The first-order valence-corrected chi connectivity index (χ1v) is 6.23. The number of amides is 1. The Morgan fingerprint density at radius 3 is 2.76 bits per heavy atom. The molecule has 0 radical (unpaired) electrons. The van der Waals surface area contributed by atoms with Gasteiger partial charge in [0.1, 0.15) is 0 Å². The van der Waals surface area contributed by atoms with Gasteiger partial charge in [0.15, 0.2) is 11.6 Å². The molecular weight excluding hydrogens is 343 g/mol. The summed E-state index contributed by atoms with van der Waals surface area (Å²) in [7, 11) is 0. The van der Waals surface area contributed by atoms with Crippen molar-refractivity contribution in [3.05, 3.63) is 32.9 Å². The van der Waals surface area contributed by atoms with E-state index in [1.807, 2.05) is 0 Å². The molecular formula is C11H10F2INO2. The molecule has 1 N–H and O–H groups in total. The van der Waals surface area contributed by atoms with Crippen LogP contribution < -0.4 is 5.48 Å². The Labute approximate surface area is 111 Å². The van der Waals surface area contributed by atoms with Gasteiger partial charge in [-0.1, -0.05) is 0 Å². The number of halogens is 3. The van der Waals surface area contributed by atoms with Crippen LogP contribution in [0.1, 0.15) is 23.2 Å². The molecule has 1 aromatic rings. The Balaban J connectivity index is 2.00. The first kappa shape index (κ1) is 12.7. The maximum absolute atomic E-state index is 13.4. The van der Waals surface area contributed by atoms with E-state index in [-0.39, 0.29) is 9.13 Å². The molecule has 1 aliphatic rings. The summed E-state index contributed by atoms with van der Waals surface area (Å²) in [4.78, 5) is 16.4. The number of carbonyl (C=O) groups excluding carboxylic acids is 1. The molecule has 0 bridgehead atoms. The summed E-state index contributed by atoms with van der Waals surface area (Å²) in [5.41, 5.74) is 1.76. The number of hydroxylamine groups is 1. The Kier molecular flexibility index (Phi) is 3.93. The van der Waals surface area contributed by atoms with Crippen LogP contribution in [-0.2, 0) is 4.84 Å². The predicted octanol–water partition coefficient (Wildman–Crippen LogP) is 2.64. The molecule has 6 heteroatoms. The molecule has 0 aromatic heterocycles. The zero-order chi connectivity index (χ0) is 12.4. The molecule has 0 saturated heterocycles. The molecule has 92 valence electrons. The van der Waals surface area contributed by atoms with E-state index in [1.165, 1.54) is 12.1 Å². The van der Waals surface area contributed by atoms with Gasteiger partial charge < -0.3 is 0 Å². The number of carbonyl (C=O) groups is 1. The van der Waals surface area contributed by atoms with Gasteiger partial charge in [0.2, 0.25) is 0 Å². The standard InChI is InChI=1S/C11H10F2INO2/c12-9-7(3-4-8(14)10(9)13)11(16)15-17-5-6-1-2-6/h3-4,6H,1-2,5H2,(H,15,16). The van der Waals surface area contributed by atoms with E-state index in [0.717, 1.165) is 12.8 Å². The minimum absolute atomic E-state index is 0.135. The van der Waals surface area contributed by atoms with Crippen molar-refractivity contribution in [2.75, 3.05) is 6.61 Å². The number of rotatable bonds is 4. The molecule has 0 atom stereocenters. The topological polar surface area (TPSA) is 38.3 Å². The largest absolute Gasteiger partial charge is 0.277 e. The maximum Gasteiger partial charge on any atom is 0.277 e. The van der Waals surface area contributed by atoms with Crippen molar-refractivity contribution in [3.8, 4) is 0 Å². The zero-order valence-electron chi connectivity index (χ0n) is 8.80. The Morgan fingerprint density at radius 2 is 2.12 bits per heavy atom. The maximum atomic E-state index is 13.4. The fourth-order valence-corrected chi connectivity index (χ4v) is 1.68. The van der Waals surface area contributed by atoms with E-state index in [9.17, 15) is 13.6 Å². The Hall–Kier alpha value is -0.760.